The van der Waals surface area contributed by atoms with Crippen molar-refractivity contribution >= 4 is 38.2 Å². The molecule has 0 aliphatic heterocycles. The Morgan fingerprint density at radius 3 is 2.40 bits per heavy atom. The molecule has 1 fully saturated rings. The summed E-state index contributed by atoms with van der Waals surface area (Å²) in [5, 5.41) is 0. The van der Waals surface area contributed by atoms with Crippen LogP contribution in [0.1, 0.15) is 41.5 Å². The number of esters is 1. The number of carbonyl (C=O) groups excluding carboxylic acids is 1. The SMILES string of the molecule is CCOC(=O)C1C(/C=[N]/[Pb])C2(C)C(C)=C(C)C1(C)C2C. The van der Waals surface area contributed by atoms with Crippen molar-refractivity contribution in [3.63, 3.8) is 0 Å². The number of allylic oxidation sites excluding steroid dienone is 2. The Kier molecular flexibility index (Phi) is 4.22. The first-order chi connectivity index (χ1) is 9.27. The van der Waals surface area contributed by atoms with Gasteiger partial charge in [-0.3, -0.25) is 0 Å². The first-order valence-corrected chi connectivity index (χ1v) is 9.06. The first-order valence-electron chi connectivity index (χ1n) is 7.32. The molecular weight excluding hydrogens is 445 g/mol. The molecule has 0 heterocycles. The van der Waals surface area contributed by atoms with Crippen LogP contribution < -0.4 is 0 Å². The Balaban J connectivity index is 2.60. The molecule has 0 aromatic heterocycles. The number of carbonyl (C=O) groups is 1. The molecule has 3 nitrogen and oxygen atoms in total. The third kappa shape index (κ3) is 1.74. The maximum absolute atomic E-state index is 12.6. The molecule has 0 saturated heterocycles. The molecule has 0 aromatic rings. The van der Waals surface area contributed by atoms with E-state index in [0.717, 1.165) is 26.1 Å². The van der Waals surface area contributed by atoms with Crippen LogP contribution in [0.25, 0.3) is 0 Å². The molecule has 1 saturated carbocycles. The number of hydrogen-bond acceptors (Lipinski definition) is 3. The molecule has 0 spiro atoms. The van der Waals surface area contributed by atoms with Crippen molar-refractivity contribution in [3.8, 4) is 0 Å². The standard InChI is InChI=1S/C16H24NO2.Pb/c1-7-19-14(18)13-12(8-17)15(5)9(2)10(3)16(13,6)11(15)4;/h8,11-13H,7H2,1-6H3;/q-1;+1. The number of ether oxygens (including phenoxy) is 1. The monoisotopic (exact) mass is 470 g/mol. The average molecular weight is 470 g/mol. The molecule has 4 heteroatoms. The van der Waals surface area contributed by atoms with Crippen molar-refractivity contribution in [2.75, 3.05) is 6.61 Å². The Hall–Kier alpha value is -0.198. The second-order valence-corrected chi connectivity index (χ2v) is 7.57. The minimum atomic E-state index is -0.0987. The van der Waals surface area contributed by atoms with Crippen LogP contribution in [-0.2, 0) is 9.53 Å². The topological polar surface area (TPSA) is 38.7 Å². The summed E-state index contributed by atoms with van der Waals surface area (Å²) in [6, 6.07) is 0. The Bertz CT molecular complexity index is 499. The van der Waals surface area contributed by atoms with Gasteiger partial charge in [0.2, 0.25) is 0 Å². The molecule has 0 amide bonds. The summed E-state index contributed by atoms with van der Waals surface area (Å²) in [5.41, 5.74) is 2.76. The molecule has 20 heavy (non-hydrogen) atoms. The van der Waals surface area contributed by atoms with Gasteiger partial charge in [0.15, 0.2) is 0 Å². The summed E-state index contributed by atoms with van der Waals surface area (Å²) in [7, 11) is 0. The number of nitrogens with zero attached hydrogens (tertiary/aromatic N) is 1. The zero-order valence-corrected chi connectivity index (χ0v) is 17.2. The summed E-state index contributed by atoms with van der Waals surface area (Å²) in [6.07, 6.45) is 2.03. The van der Waals surface area contributed by atoms with Gasteiger partial charge in [-0.1, -0.05) is 0 Å². The molecule has 0 aromatic carbocycles. The molecular formula is C16H24NO2Pb. The molecule has 2 aliphatic carbocycles. The minimum absolute atomic E-state index is 0.0319. The quantitative estimate of drug-likeness (QED) is 0.276. The number of rotatable bonds is 3. The average Bonchev–Trinajstić information content (AvgIpc) is 2.65. The maximum atomic E-state index is 12.6. The van der Waals surface area contributed by atoms with Crippen LogP contribution >= 0.6 is 0 Å². The van der Waals surface area contributed by atoms with E-state index >= 15 is 0 Å². The zero-order chi connectivity index (χ0) is 15.3. The summed E-state index contributed by atoms with van der Waals surface area (Å²) in [5.74, 6) is 0.463. The van der Waals surface area contributed by atoms with Gasteiger partial charge in [0, 0.05) is 0 Å². The Morgan fingerprint density at radius 1 is 1.35 bits per heavy atom. The van der Waals surface area contributed by atoms with E-state index in [4.69, 9.17) is 4.74 Å². The van der Waals surface area contributed by atoms with Crippen molar-refractivity contribution < 1.29 is 9.53 Å². The van der Waals surface area contributed by atoms with Gasteiger partial charge >= 0.3 is 138 Å². The molecule has 2 aliphatic rings. The third-order valence-corrected chi connectivity index (χ3v) is 7.03. The van der Waals surface area contributed by atoms with Crippen LogP contribution in [0, 0.1) is 28.6 Å². The van der Waals surface area contributed by atoms with Gasteiger partial charge in [-0.2, -0.15) is 0 Å². The number of hydrogen-bond donors (Lipinski definition) is 0. The second kappa shape index (κ2) is 5.22. The number of fused-ring (bicyclic) bond motifs is 2. The van der Waals surface area contributed by atoms with E-state index in [1.165, 1.54) is 11.1 Å². The zero-order valence-electron chi connectivity index (χ0n) is 13.3. The van der Waals surface area contributed by atoms with Gasteiger partial charge in [0.25, 0.3) is 0 Å². The van der Waals surface area contributed by atoms with Gasteiger partial charge in [0.1, 0.15) is 0 Å². The van der Waals surface area contributed by atoms with Crippen molar-refractivity contribution in [3.05, 3.63) is 11.1 Å². The van der Waals surface area contributed by atoms with Crippen LogP contribution in [0.15, 0.2) is 13.9 Å². The van der Waals surface area contributed by atoms with Gasteiger partial charge in [-0.25, -0.2) is 0 Å². The van der Waals surface area contributed by atoms with Crippen LogP contribution in [0.3, 0.4) is 0 Å². The summed E-state index contributed by atoms with van der Waals surface area (Å²) >= 11 is 0.783. The fourth-order valence-corrected chi connectivity index (χ4v) is 5.41. The van der Waals surface area contributed by atoms with E-state index < -0.39 is 0 Å². The molecule has 5 unspecified atom stereocenters. The molecule has 109 valence electrons. The van der Waals surface area contributed by atoms with E-state index in [1.54, 1.807) is 0 Å². The third-order valence-electron chi connectivity index (χ3n) is 6.45. The molecule has 0 N–H and O–H groups in total. The van der Waals surface area contributed by atoms with E-state index in [2.05, 4.69) is 37.4 Å². The second-order valence-electron chi connectivity index (χ2n) is 6.57. The molecule has 5 atom stereocenters. The van der Waals surface area contributed by atoms with Crippen LogP contribution in [0.4, 0.5) is 0 Å². The van der Waals surface area contributed by atoms with E-state index in [1.807, 2.05) is 13.1 Å². The molecule has 3 radical (unpaired) electrons. The van der Waals surface area contributed by atoms with Crippen molar-refractivity contribution in [1.29, 1.82) is 0 Å². The van der Waals surface area contributed by atoms with E-state index in [0.29, 0.717) is 12.5 Å². The fourth-order valence-electron chi connectivity index (χ4n) is 4.79. The normalized spacial score (nSPS) is 43.6. The van der Waals surface area contributed by atoms with Crippen LogP contribution in [-0.4, -0.2) is 44.9 Å². The fraction of sp³-hybridized carbons (Fsp3) is 0.750. The van der Waals surface area contributed by atoms with Crippen LogP contribution in [0.2, 0.25) is 0 Å². The molecule has 2 bridgehead atoms. The van der Waals surface area contributed by atoms with Crippen molar-refractivity contribution in [2.45, 2.75) is 41.5 Å². The van der Waals surface area contributed by atoms with Crippen LogP contribution in [0.5, 0.6) is 0 Å². The van der Waals surface area contributed by atoms with E-state index in [-0.39, 0.29) is 28.6 Å². The van der Waals surface area contributed by atoms with Gasteiger partial charge < -0.3 is 0 Å². The summed E-state index contributed by atoms with van der Waals surface area (Å²) in [4.78, 5) is 12.6. The first kappa shape index (κ1) is 16.2. The summed E-state index contributed by atoms with van der Waals surface area (Å²) < 4.78 is 9.77. The Morgan fingerprint density at radius 2 is 1.90 bits per heavy atom. The predicted molar refractivity (Wildman–Crippen MR) is 81.6 cm³/mol. The van der Waals surface area contributed by atoms with E-state index in [9.17, 15) is 4.79 Å². The van der Waals surface area contributed by atoms with Crippen molar-refractivity contribution in [1.82, 2.24) is 0 Å². The molecule has 2 rings (SSSR count). The van der Waals surface area contributed by atoms with Gasteiger partial charge in [-0.15, -0.1) is 0 Å². The predicted octanol–water partition coefficient (Wildman–Crippen LogP) is 2.95. The van der Waals surface area contributed by atoms with Crippen molar-refractivity contribution in [2.24, 2.45) is 31.4 Å². The Labute approximate surface area is 138 Å². The van der Waals surface area contributed by atoms with Gasteiger partial charge in [0.05, 0.1) is 0 Å². The summed E-state index contributed by atoms with van der Waals surface area (Å²) in [6.45, 7) is 13.6. The van der Waals surface area contributed by atoms with Gasteiger partial charge in [-0.05, 0) is 0 Å².